The predicted molar refractivity (Wildman–Crippen MR) is 57.0 cm³/mol. The van der Waals surface area contributed by atoms with E-state index in [0.29, 0.717) is 5.75 Å². The first-order chi connectivity index (χ1) is 7.13. The molecule has 0 aliphatic heterocycles. The molecule has 1 aromatic rings. The fourth-order valence-electron chi connectivity index (χ4n) is 1.40. The molecule has 3 heteroatoms. The predicted octanol–water partition coefficient (Wildman–Crippen LogP) is 1.79. The molecule has 0 N–H and O–H groups in total. The fourth-order valence-corrected chi connectivity index (χ4v) is 1.40. The molecule has 1 aromatic carbocycles. The third-order valence-corrected chi connectivity index (χ3v) is 2.03. The summed E-state index contributed by atoms with van der Waals surface area (Å²) < 4.78 is 5.11. The molecular formula is C12H14O3. The van der Waals surface area contributed by atoms with E-state index in [1.807, 2.05) is 18.2 Å². The molecule has 0 unspecified atom stereocenters. The molecular weight excluding hydrogens is 192 g/mol. The number of carbonyl (C=O) groups excluding carboxylic acids is 2. The SMILES string of the molecule is COc1ccccc1CC(=O)CC(C)=O. The summed E-state index contributed by atoms with van der Waals surface area (Å²) in [5, 5.41) is 0. The van der Waals surface area contributed by atoms with Gasteiger partial charge in [-0.05, 0) is 13.0 Å². The van der Waals surface area contributed by atoms with Crippen molar-refractivity contribution in [3.63, 3.8) is 0 Å². The standard InChI is InChI=1S/C12H14O3/c1-9(13)7-11(14)8-10-5-3-4-6-12(10)15-2/h3-6H,7-8H2,1-2H3. The number of Topliss-reactive ketones (excluding diaryl/α,β-unsaturated/α-hetero) is 2. The molecule has 3 nitrogen and oxygen atoms in total. The van der Waals surface area contributed by atoms with Gasteiger partial charge in [0, 0.05) is 12.0 Å². The van der Waals surface area contributed by atoms with Crippen molar-refractivity contribution >= 4 is 11.6 Å². The van der Waals surface area contributed by atoms with Gasteiger partial charge in [0.25, 0.3) is 0 Å². The second kappa shape index (κ2) is 5.29. The summed E-state index contributed by atoms with van der Waals surface area (Å²) in [4.78, 5) is 22.2. The van der Waals surface area contributed by atoms with Crippen LogP contribution < -0.4 is 4.74 Å². The average Bonchev–Trinajstić information content (AvgIpc) is 2.17. The normalized spacial score (nSPS) is 9.73. The highest BCUT2D eigenvalue weighted by Crippen LogP contribution is 2.18. The van der Waals surface area contributed by atoms with Gasteiger partial charge < -0.3 is 4.74 Å². The van der Waals surface area contributed by atoms with Crippen LogP contribution >= 0.6 is 0 Å². The average molecular weight is 206 g/mol. The van der Waals surface area contributed by atoms with Crippen molar-refractivity contribution in [1.82, 2.24) is 0 Å². The number of methoxy groups -OCH3 is 1. The van der Waals surface area contributed by atoms with E-state index >= 15 is 0 Å². The number of rotatable bonds is 5. The first-order valence-corrected chi connectivity index (χ1v) is 4.76. The van der Waals surface area contributed by atoms with Crippen molar-refractivity contribution in [3.05, 3.63) is 29.8 Å². The number of ketones is 2. The van der Waals surface area contributed by atoms with Gasteiger partial charge in [0.2, 0.25) is 0 Å². The molecule has 15 heavy (non-hydrogen) atoms. The van der Waals surface area contributed by atoms with Gasteiger partial charge in [-0.25, -0.2) is 0 Å². The minimum atomic E-state index is -0.102. The van der Waals surface area contributed by atoms with E-state index in [0.717, 1.165) is 5.56 Å². The van der Waals surface area contributed by atoms with Gasteiger partial charge in [-0.1, -0.05) is 18.2 Å². The molecule has 0 aliphatic carbocycles. The summed E-state index contributed by atoms with van der Waals surface area (Å²) in [7, 11) is 1.56. The van der Waals surface area contributed by atoms with Crippen LogP contribution in [-0.2, 0) is 16.0 Å². The molecule has 0 saturated heterocycles. The summed E-state index contributed by atoms with van der Waals surface area (Å²) in [6, 6.07) is 7.32. The number of benzene rings is 1. The van der Waals surface area contributed by atoms with E-state index in [4.69, 9.17) is 4.74 Å². The molecule has 0 radical (unpaired) electrons. The molecule has 0 saturated carbocycles. The minimum Gasteiger partial charge on any atom is -0.496 e. The van der Waals surface area contributed by atoms with Gasteiger partial charge in [0.05, 0.1) is 13.5 Å². The zero-order valence-corrected chi connectivity index (χ0v) is 8.95. The number of carbonyl (C=O) groups is 2. The lowest BCUT2D eigenvalue weighted by Crippen LogP contribution is -2.08. The van der Waals surface area contributed by atoms with E-state index in [-0.39, 0.29) is 24.4 Å². The third kappa shape index (κ3) is 3.54. The van der Waals surface area contributed by atoms with E-state index < -0.39 is 0 Å². The Bertz CT molecular complexity index is 369. The van der Waals surface area contributed by atoms with Crippen LogP contribution in [0.25, 0.3) is 0 Å². The van der Waals surface area contributed by atoms with Gasteiger partial charge in [-0.15, -0.1) is 0 Å². The van der Waals surface area contributed by atoms with Gasteiger partial charge in [-0.2, -0.15) is 0 Å². The summed E-state index contributed by atoms with van der Waals surface area (Å²) >= 11 is 0. The van der Waals surface area contributed by atoms with Crippen LogP contribution in [0, 0.1) is 0 Å². The summed E-state index contributed by atoms with van der Waals surface area (Å²) in [6.07, 6.45) is 0.252. The van der Waals surface area contributed by atoms with Crippen molar-refractivity contribution in [1.29, 1.82) is 0 Å². The van der Waals surface area contributed by atoms with Crippen LogP contribution in [0.1, 0.15) is 18.9 Å². The summed E-state index contributed by atoms with van der Waals surface area (Å²) in [5.74, 6) is 0.510. The molecule has 1 rings (SSSR count). The Hall–Kier alpha value is -1.64. The maximum absolute atomic E-state index is 11.4. The molecule has 80 valence electrons. The Labute approximate surface area is 89.1 Å². The highest BCUT2D eigenvalue weighted by Gasteiger charge is 2.09. The van der Waals surface area contributed by atoms with Crippen LogP contribution in [0.3, 0.4) is 0 Å². The lowest BCUT2D eigenvalue weighted by Gasteiger charge is -2.06. The highest BCUT2D eigenvalue weighted by atomic mass is 16.5. The lowest BCUT2D eigenvalue weighted by atomic mass is 10.0. The van der Waals surface area contributed by atoms with Gasteiger partial charge >= 0.3 is 0 Å². The molecule has 0 fully saturated rings. The number of ether oxygens (including phenoxy) is 1. The van der Waals surface area contributed by atoms with Crippen molar-refractivity contribution in [2.75, 3.05) is 7.11 Å². The van der Waals surface area contributed by atoms with Gasteiger partial charge in [0.15, 0.2) is 0 Å². The van der Waals surface area contributed by atoms with Gasteiger partial charge in [0.1, 0.15) is 17.3 Å². The zero-order chi connectivity index (χ0) is 11.3. The fraction of sp³-hybridized carbons (Fsp3) is 0.333. The molecule has 0 heterocycles. The number of hydrogen-bond acceptors (Lipinski definition) is 3. The largest absolute Gasteiger partial charge is 0.496 e. The maximum Gasteiger partial charge on any atom is 0.144 e. The molecule has 0 atom stereocenters. The second-order valence-electron chi connectivity index (χ2n) is 3.41. The Morgan fingerprint density at radius 3 is 2.53 bits per heavy atom. The van der Waals surface area contributed by atoms with Crippen molar-refractivity contribution < 1.29 is 14.3 Å². The number of para-hydroxylation sites is 1. The smallest absolute Gasteiger partial charge is 0.144 e. The first kappa shape index (κ1) is 11.4. The monoisotopic (exact) mass is 206 g/mol. The Morgan fingerprint density at radius 1 is 1.27 bits per heavy atom. The van der Waals surface area contributed by atoms with E-state index in [2.05, 4.69) is 0 Å². The van der Waals surface area contributed by atoms with Crippen LogP contribution in [0.2, 0.25) is 0 Å². The van der Waals surface area contributed by atoms with E-state index in [1.54, 1.807) is 13.2 Å². The van der Waals surface area contributed by atoms with Crippen LogP contribution in [0.4, 0.5) is 0 Å². The first-order valence-electron chi connectivity index (χ1n) is 4.76. The zero-order valence-electron chi connectivity index (χ0n) is 8.95. The number of hydrogen-bond donors (Lipinski definition) is 0. The van der Waals surface area contributed by atoms with Crippen molar-refractivity contribution in [2.45, 2.75) is 19.8 Å². The lowest BCUT2D eigenvalue weighted by molar-refractivity contribution is -0.125. The second-order valence-corrected chi connectivity index (χ2v) is 3.41. The summed E-state index contributed by atoms with van der Waals surface area (Å²) in [5.41, 5.74) is 0.825. The molecule has 0 aliphatic rings. The van der Waals surface area contributed by atoms with Gasteiger partial charge in [-0.3, -0.25) is 9.59 Å². The Morgan fingerprint density at radius 2 is 1.93 bits per heavy atom. The maximum atomic E-state index is 11.4. The molecule has 0 spiro atoms. The molecule has 0 amide bonds. The summed E-state index contributed by atoms with van der Waals surface area (Å²) in [6.45, 7) is 1.42. The van der Waals surface area contributed by atoms with Crippen LogP contribution in [0.15, 0.2) is 24.3 Å². The van der Waals surface area contributed by atoms with Crippen LogP contribution in [0.5, 0.6) is 5.75 Å². The van der Waals surface area contributed by atoms with E-state index in [9.17, 15) is 9.59 Å². The Balaban J connectivity index is 2.71. The minimum absolute atomic E-state index is 0.00194. The van der Waals surface area contributed by atoms with E-state index in [1.165, 1.54) is 6.92 Å². The molecule has 0 bridgehead atoms. The van der Waals surface area contributed by atoms with Crippen molar-refractivity contribution in [3.8, 4) is 5.75 Å². The quantitative estimate of drug-likeness (QED) is 0.690. The van der Waals surface area contributed by atoms with Crippen molar-refractivity contribution in [2.24, 2.45) is 0 Å². The third-order valence-electron chi connectivity index (χ3n) is 2.03. The topological polar surface area (TPSA) is 43.4 Å². The Kier molecular flexibility index (Phi) is 4.03. The highest BCUT2D eigenvalue weighted by molar-refractivity contribution is 5.98. The van der Waals surface area contributed by atoms with Crippen LogP contribution in [-0.4, -0.2) is 18.7 Å². The molecule has 0 aromatic heterocycles.